The van der Waals surface area contributed by atoms with Crippen LogP contribution in [0.4, 0.5) is 5.69 Å². The molecule has 3 heterocycles. The van der Waals surface area contributed by atoms with Gasteiger partial charge in [-0.3, -0.25) is 28.9 Å². The molecule has 3 amide bonds. The summed E-state index contributed by atoms with van der Waals surface area (Å²) in [5.41, 5.74) is 0.770. The zero-order chi connectivity index (χ0) is 28.0. The minimum atomic E-state index is -1.33. The number of rotatable bonds is 7. The van der Waals surface area contributed by atoms with Crippen LogP contribution in [0.5, 0.6) is 5.75 Å². The topological polar surface area (TPSA) is 146 Å². The van der Waals surface area contributed by atoms with E-state index in [1.165, 1.54) is 30.3 Å². The summed E-state index contributed by atoms with van der Waals surface area (Å²) in [6.07, 6.45) is 0. The van der Waals surface area contributed by atoms with E-state index < -0.39 is 53.9 Å². The van der Waals surface area contributed by atoms with Crippen molar-refractivity contribution >= 4 is 87.3 Å². The van der Waals surface area contributed by atoms with E-state index in [4.69, 9.17) is 39.5 Å². The number of carboxylic acids is 1. The summed E-state index contributed by atoms with van der Waals surface area (Å²) in [6, 6.07) is 9.17. The molecule has 3 atom stereocenters. The number of carboxylic acid groups (broad SMARTS) is 1. The van der Waals surface area contributed by atoms with E-state index >= 15 is 0 Å². The van der Waals surface area contributed by atoms with Crippen LogP contribution in [0.15, 0.2) is 46.2 Å². The molecule has 1 fully saturated rings. The van der Waals surface area contributed by atoms with Crippen molar-refractivity contribution in [3.05, 3.63) is 71.6 Å². The molecule has 202 valence electrons. The molecule has 10 nitrogen and oxygen atoms in total. The Morgan fingerprint density at radius 3 is 2.54 bits per heavy atom. The predicted molar refractivity (Wildman–Crippen MR) is 146 cm³/mol. The van der Waals surface area contributed by atoms with Gasteiger partial charge in [0, 0.05) is 27.1 Å². The number of amides is 3. The highest BCUT2D eigenvalue weighted by atomic mass is 35.5. The van der Waals surface area contributed by atoms with E-state index in [0.29, 0.717) is 31.1 Å². The first-order valence-electron chi connectivity index (χ1n) is 11.2. The molecule has 0 unspecified atom stereocenters. The number of nitrogens with zero attached hydrogens (tertiary/aromatic N) is 1. The Morgan fingerprint density at radius 1 is 1.05 bits per heavy atom. The molecule has 0 aliphatic carbocycles. The lowest BCUT2D eigenvalue weighted by molar-refractivity contribution is -0.149. The van der Waals surface area contributed by atoms with E-state index in [1.807, 2.05) is 0 Å². The van der Waals surface area contributed by atoms with Gasteiger partial charge in [-0.2, -0.15) is 0 Å². The maximum atomic E-state index is 13.4. The first-order valence-corrected chi connectivity index (χ1v) is 14.0. The fourth-order valence-corrected chi connectivity index (χ4v) is 7.52. The van der Waals surface area contributed by atoms with Gasteiger partial charge in [-0.15, -0.1) is 0 Å². The number of fused-ring (bicyclic) bond motifs is 2. The van der Waals surface area contributed by atoms with Gasteiger partial charge in [0.1, 0.15) is 17.5 Å². The molecule has 2 aliphatic heterocycles. The van der Waals surface area contributed by atoms with Crippen LogP contribution in [0.3, 0.4) is 0 Å². The number of imide groups is 1. The van der Waals surface area contributed by atoms with Crippen molar-refractivity contribution in [2.75, 3.05) is 18.5 Å². The molecule has 15 heteroatoms. The first kappa shape index (κ1) is 27.5. The minimum Gasteiger partial charge on any atom is -0.483 e. The van der Waals surface area contributed by atoms with E-state index in [9.17, 15) is 29.1 Å². The molecule has 5 rings (SSSR count). The number of aromatic nitrogens is 1. The van der Waals surface area contributed by atoms with Crippen molar-refractivity contribution in [3.8, 4) is 5.75 Å². The molecule has 0 radical (unpaired) electrons. The number of carbonyl (C=O) groups excluding carboxylic acids is 3. The second kappa shape index (κ2) is 10.9. The van der Waals surface area contributed by atoms with Gasteiger partial charge in [-0.1, -0.05) is 57.9 Å². The highest BCUT2D eigenvalue weighted by Crippen LogP contribution is 2.54. The third kappa shape index (κ3) is 5.39. The number of ether oxygens (including phenoxy) is 1. The zero-order valence-corrected chi connectivity index (χ0v) is 23.3. The molecule has 0 saturated carbocycles. The van der Waals surface area contributed by atoms with Crippen molar-refractivity contribution in [1.29, 1.82) is 0 Å². The summed E-state index contributed by atoms with van der Waals surface area (Å²) in [5, 5.41) is 12.2. The number of hydrogen-bond donors (Lipinski definition) is 3. The number of aliphatic carboxylic acids is 1. The summed E-state index contributed by atoms with van der Waals surface area (Å²) in [7, 11) is 0. The first-order chi connectivity index (χ1) is 18.5. The third-order valence-electron chi connectivity index (χ3n) is 6.08. The smallest absolute Gasteiger partial charge is 0.323 e. The molecule has 3 N–H and O–H groups in total. The molecule has 0 spiro atoms. The SMILES string of the molecule is O=C(O)CN1C(=O)[C@@H]2[C@H](c3cc(Cl)ccc3OCC(=O)Nc3ccc(Cl)c(Cl)c3)c3sc(=O)[nH]c3S[C@@H]2C1=O. The molecule has 2 aliphatic rings. The third-order valence-corrected chi connectivity index (χ3v) is 9.45. The number of anilines is 1. The lowest BCUT2D eigenvalue weighted by Crippen LogP contribution is -2.36. The molecule has 2 aromatic carbocycles. The molecule has 1 saturated heterocycles. The summed E-state index contributed by atoms with van der Waals surface area (Å²) in [5.74, 6) is -4.88. The number of benzene rings is 2. The Bertz CT molecular complexity index is 1590. The van der Waals surface area contributed by atoms with Crippen LogP contribution >= 0.6 is 57.9 Å². The maximum Gasteiger partial charge on any atom is 0.323 e. The highest BCUT2D eigenvalue weighted by molar-refractivity contribution is 8.00. The number of aromatic amines is 1. The number of H-pyrrole nitrogens is 1. The zero-order valence-electron chi connectivity index (χ0n) is 19.4. The van der Waals surface area contributed by atoms with Crippen LogP contribution < -0.4 is 14.9 Å². The number of thiazole rings is 1. The van der Waals surface area contributed by atoms with Crippen LogP contribution in [0.25, 0.3) is 0 Å². The standard InChI is InChI=1S/C24H16Cl3N3O7S2/c25-9-1-4-14(37-8-15(31)28-10-2-3-12(26)13(27)6-10)11(5-9)17-18-20(38-21-19(17)39-24(36)29-21)23(35)30(22(18)34)7-16(32)33/h1-6,17-18,20H,7-8H2,(H,28,31)(H,29,36)(H,32,33)/t17-,18+,20-/m0/s1. The van der Waals surface area contributed by atoms with E-state index in [-0.39, 0.29) is 20.7 Å². The summed E-state index contributed by atoms with van der Waals surface area (Å²) >= 11 is 20.1. The lowest BCUT2D eigenvalue weighted by atomic mass is 9.82. The molecule has 1 aromatic heterocycles. The van der Waals surface area contributed by atoms with Gasteiger partial charge in [0.15, 0.2) is 6.61 Å². The Kier molecular flexibility index (Phi) is 7.66. The molecular weight excluding hydrogens is 613 g/mol. The van der Waals surface area contributed by atoms with Crippen molar-refractivity contribution in [2.45, 2.75) is 16.2 Å². The number of nitrogens with one attached hydrogen (secondary N) is 2. The number of hydrogen-bond acceptors (Lipinski definition) is 8. The van der Waals surface area contributed by atoms with Gasteiger partial charge in [-0.25, -0.2) is 0 Å². The Hall–Kier alpha value is -3.03. The number of halogens is 3. The largest absolute Gasteiger partial charge is 0.483 e. The van der Waals surface area contributed by atoms with E-state index in [1.54, 1.807) is 6.07 Å². The van der Waals surface area contributed by atoms with Crippen molar-refractivity contribution in [3.63, 3.8) is 0 Å². The predicted octanol–water partition coefficient (Wildman–Crippen LogP) is 4.09. The van der Waals surface area contributed by atoms with Crippen LogP contribution in [0.2, 0.25) is 15.1 Å². The van der Waals surface area contributed by atoms with Gasteiger partial charge >= 0.3 is 10.8 Å². The Labute approximate surface area is 243 Å². The number of carbonyl (C=O) groups is 4. The van der Waals surface area contributed by atoms with Crippen LogP contribution in [0, 0.1) is 5.92 Å². The fourth-order valence-electron chi connectivity index (χ4n) is 4.51. The van der Waals surface area contributed by atoms with Crippen LogP contribution in [-0.2, 0) is 19.2 Å². The van der Waals surface area contributed by atoms with Gasteiger partial charge in [-0.05, 0) is 36.4 Å². The highest BCUT2D eigenvalue weighted by Gasteiger charge is 2.56. The second-order valence-electron chi connectivity index (χ2n) is 8.55. The molecule has 39 heavy (non-hydrogen) atoms. The second-order valence-corrected chi connectivity index (χ2v) is 12.0. The van der Waals surface area contributed by atoms with Crippen LogP contribution in [-0.4, -0.2) is 57.1 Å². The van der Waals surface area contributed by atoms with Gasteiger partial charge in [0.25, 0.3) is 5.91 Å². The maximum absolute atomic E-state index is 13.4. The van der Waals surface area contributed by atoms with Gasteiger partial charge in [0.2, 0.25) is 11.8 Å². The average molecular weight is 629 g/mol. The van der Waals surface area contributed by atoms with Gasteiger partial charge in [0.05, 0.1) is 21.0 Å². The van der Waals surface area contributed by atoms with E-state index in [0.717, 1.165) is 23.1 Å². The van der Waals surface area contributed by atoms with Crippen molar-refractivity contribution < 1.29 is 29.0 Å². The normalized spacial score (nSPS) is 20.0. The quantitative estimate of drug-likeness (QED) is 0.332. The summed E-state index contributed by atoms with van der Waals surface area (Å²) in [4.78, 5) is 66.2. The van der Waals surface area contributed by atoms with Gasteiger partial charge < -0.3 is 20.1 Å². The fraction of sp³-hybridized carbons (Fsp3) is 0.208. The number of likely N-dealkylation sites (tertiary alicyclic amines) is 1. The van der Waals surface area contributed by atoms with Crippen LogP contribution in [0.1, 0.15) is 16.4 Å². The van der Waals surface area contributed by atoms with Crippen molar-refractivity contribution in [1.82, 2.24) is 9.88 Å². The molecule has 0 bridgehead atoms. The van der Waals surface area contributed by atoms with E-state index in [2.05, 4.69) is 10.3 Å². The Morgan fingerprint density at radius 2 is 1.82 bits per heavy atom. The lowest BCUT2D eigenvalue weighted by Gasteiger charge is -2.31. The summed E-state index contributed by atoms with van der Waals surface area (Å²) < 4.78 is 5.83. The number of thioether (sulfide) groups is 1. The molecular formula is C24H16Cl3N3O7S2. The average Bonchev–Trinajstić information content (AvgIpc) is 3.36. The Balaban J connectivity index is 1.48. The minimum absolute atomic E-state index is 0.197. The molecule has 3 aromatic rings. The summed E-state index contributed by atoms with van der Waals surface area (Å²) in [6.45, 7) is -1.21. The van der Waals surface area contributed by atoms with Crippen molar-refractivity contribution in [2.24, 2.45) is 5.92 Å². The monoisotopic (exact) mass is 627 g/mol.